The minimum Gasteiger partial charge on any atom is -0.387 e. The van der Waals surface area contributed by atoms with E-state index in [2.05, 4.69) is 4.98 Å². The molecule has 108 valence electrons. The van der Waals surface area contributed by atoms with Crippen LogP contribution in [0.2, 0.25) is 0 Å². The summed E-state index contributed by atoms with van der Waals surface area (Å²) in [6, 6.07) is 3.07. The molecule has 0 bridgehead atoms. The number of halogens is 2. The SMILES string of the molecule is CN(Cc1nccn1C)CC(O)c1cc(F)ccc1F. The lowest BCUT2D eigenvalue weighted by molar-refractivity contribution is 0.118. The van der Waals surface area contributed by atoms with Gasteiger partial charge in [0.2, 0.25) is 0 Å². The van der Waals surface area contributed by atoms with E-state index < -0.39 is 17.7 Å². The molecular weight excluding hydrogens is 264 g/mol. The van der Waals surface area contributed by atoms with E-state index in [9.17, 15) is 13.9 Å². The predicted octanol–water partition coefficient (Wildman–Crippen LogP) is 1.86. The molecule has 1 aromatic heterocycles. The van der Waals surface area contributed by atoms with E-state index in [0.29, 0.717) is 6.54 Å². The maximum atomic E-state index is 13.6. The smallest absolute Gasteiger partial charge is 0.129 e. The second kappa shape index (κ2) is 6.11. The third kappa shape index (κ3) is 3.40. The van der Waals surface area contributed by atoms with Crippen LogP contribution in [0, 0.1) is 11.6 Å². The standard InChI is InChI=1S/C14H17F2N3O/c1-18(9-14-17-5-6-19(14)2)8-13(20)11-7-10(15)3-4-12(11)16/h3-7,13,20H,8-9H2,1-2H3. The van der Waals surface area contributed by atoms with Gasteiger partial charge in [-0.05, 0) is 25.2 Å². The molecule has 0 saturated carbocycles. The normalized spacial score (nSPS) is 12.9. The number of rotatable bonds is 5. The first-order valence-electron chi connectivity index (χ1n) is 6.25. The number of nitrogens with zero attached hydrogens (tertiary/aromatic N) is 3. The van der Waals surface area contributed by atoms with Crippen molar-refractivity contribution in [2.75, 3.05) is 13.6 Å². The summed E-state index contributed by atoms with van der Waals surface area (Å²) in [5.74, 6) is -0.337. The van der Waals surface area contributed by atoms with Gasteiger partial charge in [0, 0.05) is 31.5 Å². The van der Waals surface area contributed by atoms with Crippen LogP contribution in [-0.4, -0.2) is 33.1 Å². The summed E-state index contributed by atoms with van der Waals surface area (Å²) < 4.78 is 28.5. The molecule has 2 rings (SSSR count). The molecule has 0 aliphatic heterocycles. The highest BCUT2D eigenvalue weighted by molar-refractivity contribution is 5.21. The quantitative estimate of drug-likeness (QED) is 0.909. The highest BCUT2D eigenvalue weighted by Crippen LogP contribution is 2.19. The van der Waals surface area contributed by atoms with Crippen LogP contribution in [0.5, 0.6) is 0 Å². The predicted molar refractivity (Wildman–Crippen MR) is 70.9 cm³/mol. The molecule has 0 saturated heterocycles. The first-order valence-corrected chi connectivity index (χ1v) is 6.25. The number of likely N-dealkylation sites (N-methyl/N-ethyl adjacent to an activating group) is 1. The topological polar surface area (TPSA) is 41.3 Å². The molecule has 1 unspecified atom stereocenters. The van der Waals surface area contributed by atoms with Gasteiger partial charge >= 0.3 is 0 Å². The van der Waals surface area contributed by atoms with Crippen molar-refractivity contribution in [2.24, 2.45) is 7.05 Å². The van der Waals surface area contributed by atoms with Gasteiger partial charge in [-0.3, -0.25) is 4.90 Å². The van der Waals surface area contributed by atoms with Gasteiger partial charge in [0.25, 0.3) is 0 Å². The maximum absolute atomic E-state index is 13.6. The number of aliphatic hydroxyl groups excluding tert-OH is 1. The summed E-state index contributed by atoms with van der Waals surface area (Å²) in [5, 5.41) is 10.0. The zero-order valence-electron chi connectivity index (χ0n) is 11.4. The first-order chi connectivity index (χ1) is 9.47. The molecule has 0 spiro atoms. The van der Waals surface area contributed by atoms with E-state index in [-0.39, 0.29) is 12.1 Å². The van der Waals surface area contributed by atoms with Gasteiger partial charge in [-0.15, -0.1) is 0 Å². The van der Waals surface area contributed by atoms with Gasteiger partial charge in [-0.25, -0.2) is 13.8 Å². The molecule has 0 fully saturated rings. The third-order valence-corrected chi connectivity index (χ3v) is 3.13. The zero-order chi connectivity index (χ0) is 14.7. The number of aryl methyl sites for hydroxylation is 1. The van der Waals surface area contributed by atoms with Crippen molar-refractivity contribution in [3.8, 4) is 0 Å². The molecule has 0 radical (unpaired) electrons. The molecule has 0 amide bonds. The molecule has 1 heterocycles. The number of aliphatic hydroxyl groups is 1. The average molecular weight is 281 g/mol. The van der Waals surface area contributed by atoms with Crippen molar-refractivity contribution in [2.45, 2.75) is 12.6 Å². The lowest BCUT2D eigenvalue weighted by Crippen LogP contribution is -2.26. The molecular formula is C14H17F2N3O. The van der Waals surface area contributed by atoms with Crippen molar-refractivity contribution in [1.29, 1.82) is 0 Å². The minimum absolute atomic E-state index is 0.0308. The fraction of sp³-hybridized carbons (Fsp3) is 0.357. The summed E-state index contributed by atoms with van der Waals surface area (Å²) >= 11 is 0. The van der Waals surface area contributed by atoms with Gasteiger partial charge in [0.05, 0.1) is 12.6 Å². The van der Waals surface area contributed by atoms with Crippen molar-refractivity contribution in [3.05, 3.63) is 53.6 Å². The largest absolute Gasteiger partial charge is 0.387 e. The third-order valence-electron chi connectivity index (χ3n) is 3.13. The fourth-order valence-electron chi connectivity index (χ4n) is 2.02. The van der Waals surface area contributed by atoms with E-state index in [1.165, 1.54) is 0 Å². The fourth-order valence-corrected chi connectivity index (χ4v) is 2.02. The van der Waals surface area contributed by atoms with Crippen LogP contribution >= 0.6 is 0 Å². The molecule has 1 atom stereocenters. The van der Waals surface area contributed by atoms with E-state index in [1.807, 2.05) is 17.8 Å². The zero-order valence-corrected chi connectivity index (χ0v) is 11.4. The summed E-state index contributed by atoms with van der Waals surface area (Å²) in [6.45, 7) is 0.699. The highest BCUT2D eigenvalue weighted by atomic mass is 19.1. The Bertz CT molecular complexity index is 586. The van der Waals surface area contributed by atoms with Crippen molar-refractivity contribution >= 4 is 0 Å². The molecule has 0 aliphatic carbocycles. The van der Waals surface area contributed by atoms with Crippen LogP contribution in [0.15, 0.2) is 30.6 Å². The number of imidazole rings is 1. The Morgan fingerprint density at radius 2 is 2.15 bits per heavy atom. The van der Waals surface area contributed by atoms with Gasteiger partial charge in [-0.1, -0.05) is 0 Å². The van der Waals surface area contributed by atoms with Crippen LogP contribution in [-0.2, 0) is 13.6 Å². The first kappa shape index (κ1) is 14.6. The minimum atomic E-state index is -1.09. The Morgan fingerprint density at radius 3 is 2.80 bits per heavy atom. The lowest BCUT2D eigenvalue weighted by Gasteiger charge is -2.20. The lowest BCUT2D eigenvalue weighted by atomic mass is 10.1. The Morgan fingerprint density at radius 1 is 1.40 bits per heavy atom. The van der Waals surface area contributed by atoms with E-state index >= 15 is 0 Å². The van der Waals surface area contributed by atoms with E-state index in [1.54, 1.807) is 18.1 Å². The van der Waals surface area contributed by atoms with Crippen LogP contribution in [0.4, 0.5) is 8.78 Å². The van der Waals surface area contributed by atoms with Gasteiger partial charge < -0.3 is 9.67 Å². The maximum Gasteiger partial charge on any atom is 0.129 e. The Balaban J connectivity index is 2.02. The van der Waals surface area contributed by atoms with Gasteiger partial charge in [0.1, 0.15) is 17.5 Å². The van der Waals surface area contributed by atoms with Gasteiger partial charge in [-0.2, -0.15) is 0 Å². The molecule has 20 heavy (non-hydrogen) atoms. The average Bonchev–Trinajstić information content (AvgIpc) is 2.77. The van der Waals surface area contributed by atoms with E-state index in [4.69, 9.17) is 0 Å². The molecule has 4 nitrogen and oxygen atoms in total. The molecule has 6 heteroatoms. The summed E-state index contributed by atoms with van der Waals surface area (Å²) in [6.07, 6.45) is 2.42. The second-order valence-corrected chi connectivity index (χ2v) is 4.83. The number of hydrogen-bond acceptors (Lipinski definition) is 3. The number of benzene rings is 1. The van der Waals surface area contributed by atoms with Crippen LogP contribution in [0.1, 0.15) is 17.5 Å². The second-order valence-electron chi connectivity index (χ2n) is 4.83. The van der Waals surface area contributed by atoms with E-state index in [0.717, 1.165) is 24.0 Å². The number of hydrogen-bond donors (Lipinski definition) is 1. The van der Waals surface area contributed by atoms with Crippen molar-refractivity contribution < 1.29 is 13.9 Å². The van der Waals surface area contributed by atoms with Crippen LogP contribution in [0.25, 0.3) is 0 Å². The molecule has 1 aromatic carbocycles. The van der Waals surface area contributed by atoms with Crippen LogP contribution < -0.4 is 0 Å². The van der Waals surface area contributed by atoms with Crippen LogP contribution in [0.3, 0.4) is 0 Å². The monoisotopic (exact) mass is 281 g/mol. The summed E-state index contributed by atoms with van der Waals surface area (Å²) in [7, 11) is 3.66. The number of aromatic nitrogens is 2. The highest BCUT2D eigenvalue weighted by Gasteiger charge is 2.16. The van der Waals surface area contributed by atoms with Gasteiger partial charge in [0.15, 0.2) is 0 Å². The summed E-state index contributed by atoms with van der Waals surface area (Å²) in [4.78, 5) is 5.98. The van der Waals surface area contributed by atoms with Crippen molar-refractivity contribution in [1.82, 2.24) is 14.5 Å². The Hall–Kier alpha value is -1.79. The molecule has 2 aromatic rings. The molecule has 1 N–H and O–H groups in total. The summed E-state index contributed by atoms with van der Waals surface area (Å²) in [5.41, 5.74) is -0.0308. The molecule has 0 aliphatic rings. The van der Waals surface area contributed by atoms with Crippen molar-refractivity contribution in [3.63, 3.8) is 0 Å². The Kier molecular flexibility index (Phi) is 4.46. The Labute approximate surface area is 116 Å².